The van der Waals surface area contributed by atoms with Gasteiger partial charge >= 0.3 is 18.6 Å². The fourth-order valence-electron chi connectivity index (χ4n) is 2.73. The summed E-state index contributed by atoms with van der Waals surface area (Å²) in [4.78, 5) is 43.0. The maximum atomic E-state index is 10.9. The summed E-state index contributed by atoms with van der Waals surface area (Å²) < 4.78 is 0. The molecule has 13 heteroatoms. The number of carboxylic acids is 4. The summed E-state index contributed by atoms with van der Waals surface area (Å²) in [5.74, 6) is -6.33. The van der Waals surface area contributed by atoms with Crippen molar-refractivity contribution in [3.05, 3.63) is 71.8 Å². The van der Waals surface area contributed by atoms with Crippen LogP contribution in [0.25, 0.3) is 0 Å². The van der Waals surface area contributed by atoms with Crippen LogP contribution in [-0.2, 0) is 37.7 Å². The Morgan fingerprint density at radius 3 is 1.06 bits per heavy atom. The Labute approximate surface area is 212 Å². The molecule has 0 saturated heterocycles. The maximum Gasteiger partial charge on any atom is 4.00 e. The van der Waals surface area contributed by atoms with E-state index in [4.69, 9.17) is 0 Å². The molecule has 4 atom stereocenters. The molecule has 0 fully saturated rings. The third-order valence-corrected chi connectivity index (χ3v) is 4.68. The summed E-state index contributed by atoms with van der Waals surface area (Å²) >= 11 is 0. The van der Waals surface area contributed by atoms with Gasteiger partial charge in [0.15, 0.2) is 0 Å². The Morgan fingerprint density at radius 2 is 0.857 bits per heavy atom. The van der Waals surface area contributed by atoms with Gasteiger partial charge in [0.1, 0.15) is 12.1 Å². The number of hydrogen-bond acceptors (Lipinski definition) is 12. The van der Waals surface area contributed by atoms with Gasteiger partial charge in [-0.15, -0.1) is 0 Å². The van der Waals surface area contributed by atoms with Crippen LogP contribution in [0.15, 0.2) is 60.7 Å². The van der Waals surface area contributed by atoms with Gasteiger partial charge in [0.25, 0.3) is 0 Å². The predicted molar refractivity (Wildman–Crippen MR) is 105 cm³/mol. The number of hydrogen-bond donors (Lipinski definition) is 2. The number of hydroxylamine groups is 4. The van der Waals surface area contributed by atoms with Crippen molar-refractivity contribution >= 4 is 23.9 Å². The SMILES string of the molecule is CC(C(=O)[O-])N(O)C(C(=O)[O-])c1ccccc1.CC(C(=O)[O-])N(O)C(C(=O)[O-])c1ccccc1.[V+4]. The Morgan fingerprint density at radius 1 is 0.600 bits per heavy atom. The standard InChI is InChI=1S/2C11H13NO5.V/c2*1-7(10(13)14)12(17)9(11(15)16)8-5-3-2-4-6-8;/h2*2-7,9,17H,1H3,(H,13,14)(H,15,16);/q;;+4/p-4. The molecule has 12 nitrogen and oxygen atoms in total. The minimum Gasteiger partial charge on any atom is -0.548 e. The second kappa shape index (κ2) is 14.9. The molecule has 0 spiro atoms. The van der Waals surface area contributed by atoms with Crippen LogP contribution in [0, 0.1) is 0 Å². The van der Waals surface area contributed by atoms with Crippen molar-refractivity contribution in [2.24, 2.45) is 0 Å². The second-order valence-electron chi connectivity index (χ2n) is 7.01. The van der Waals surface area contributed by atoms with E-state index in [1.165, 1.54) is 24.3 Å². The zero-order chi connectivity index (χ0) is 26.0. The first-order chi connectivity index (χ1) is 15.9. The van der Waals surface area contributed by atoms with Gasteiger partial charge in [0, 0.05) is 0 Å². The molecular formula is C22H22N2O10V. The summed E-state index contributed by atoms with van der Waals surface area (Å²) in [6, 6.07) is 9.40. The van der Waals surface area contributed by atoms with Crippen molar-refractivity contribution in [2.45, 2.75) is 38.0 Å². The van der Waals surface area contributed by atoms with E-state index in [1.54, 1.807) is 36.4 Å². The molecule has 0 amide bonds. The number of aliphatic carboxylic acids is 4. The number of carbonyl (C=O) groups excluding carboxylic acids is 4. The van der Waals surface area contributed by atoms with Crippen molar-refractivity contribution in [3.8, 4) is 0 Å². The molecule has 2 rings (SSSR count). The zero-order valence-electron chi connectivity index (χ0n) is 18.6. The second-order valence-corrected chi connectivity index (χ2v) is 7.01. The average Bonchev–Trinajstić information content (AvgIpc) is 2.79. The number of rotatable bonds is 10. The van der Waals surface area contributed by atoms with E-state index in [0.29, 0.717) is 0 Å². The molecule has 0 bridgehead atoms. The summed E-state index contributed by atoms with van der Waals surface area (Å²) in [5, 5.41) is 62.5. The van der Waals surface area contributed by atoms with Crippen LogP contribution in [0.3, 0.4) is 0 Å². The minimum atomic E-state index is -1.59. The van der Waals surface area contributed by atoms with E-state index in [2.05, 4.69) is 0 Å². The molecule has 2 aromatic carbocycles. The molecule has 2 aromatic rings. The third kappa shape index (κ3) is 9.13. The molecule has 0 aromatic heterocycles. The number of benzene rings is 2. The average molecular weight is 525 g/mol. The van der Waals surface area contributed by atoms with E-state index in [-0.39, 0.29) is 39.8 Å². The van der Waals surface area contributed by atoms with Gasteiger partial charge in [-0.2, -0.15) is 10.1 Å². The van der Waals surface area contributed by atoms with E-state index in [1.807, 2.05) is 0 Å². The Balaban J connectivity index is 0.000000642. The quantitative estimate of drug-likeness (QED) is 0.291. The third-order valence-electron chi connectivity index (χ3n) is 4.68. The Kier molecular flexibility index (Phi) is 13.5. The molecule has 0 saturated carbocycles. The van der Waals surface area contributed by atoms with Crippen LogP contribution in [0.5, 0.6) is 0 Å². The normalized spacial score (nSPS) is 13.9. The summed E-state index contributed by atoms with van der Waals surface area (Å²) in [7, 11) is 0. The number of carboxylic acid groups (broad SMARTS) is 4. The van der Waals surface area contributed by atoms with Crippen LogP contribution in [0.4, 0.5) is 0 Å². The van der Waals surface area contributed by atoms with Gasteiger partial charge in [-0.3, -0.25) is 0 Å². The summed E-state index contributed by atoms with van der Waals surface area (Å²) in [6.07, 6.45) is 0. The Bertz CT molecular complexity index is 897. The fraction of sp³-hybridized carbons (Fsp3) is 0.273. The van der Waals surface area contributed by atoms with Crippen molar-refractivity contribution in [3.63, 3.8) is 0 Å². The molecule has 2 N–H and O–H groups in total. The van der Waals surface area contributed by atoms with Crippen LogP contribution in [-0.4, -0.2) is 56.5 Å². The van der Waals surface area contributed by atoms with Crippen LogP contribution < -0.4 is 20.4 Å². The van der Waals surface area contributed by atoms with Gasteiger partial charge < -0.3 is 50.0 Å². The number of nitrogens with zero attached hydrogens (tertiary/aromatic N) is 2. The predicted octanol–water partition coefficient (Wildman–Crippen LogP) is -3.39. The van der Waals surface area contributed by atoms with E-state index < -0.39 is 48.0 Å². The molecule has 0 aliphatic carbocycles. The van der Waals surface area contributed by atoms with Gasteiger partial charge in [0.05, 0.1) is 36.0 Å². The van der Waals surface area contributed by atoms with Crippen molar-refractivity contribution in [1.82, 2.24) is 10.1 Å². The zero-order valence-corrected chi connectivity index (χ0v) is 20.0. The monoisotopic (exact) mass is 525 g/mol. The topological polar surface area (TPSA) is 207 Å². The van der Waals surface area contributed by atoms with E-state index >= 15 is 0 Å². The van der Waals surface area contributed by atoms with Gasteiger partial charge in [-0.1, -0.05) is 60.7 Å². The first kappa shape index (κ1) is 31.7. The van der Waals surface area contributed by atoms with Crippen LogP contribution >= 0.6 is 0 Å². The fourth-order valence-corrected chi connectivity index (χ4v) is 2.73. The van der Waals surface area contributed by atoms with Crippen molar-refractivity contribution in [2.75, 3.05) is 0 Å². The minimum absolute atomic E-state index is 0. The van der Waals surface area contributed by atoms with Crippen molar-refractivity contribution < 1.29 is 68.6 Å². The summed E-state index contributed by atoms with van der Waals surface area (Å²) in [6.45, 7) is 2.24. The Hall–Kier alpha value is -3.26. The molecule has 35 heavy (non-hydrogen) atoms. The largest absolute Gasteiger partial charge is 4.00 e. The van der Waals surface area contributed by atoms with E-state index in [0.717, 1.165) is 13.8 Å². The van der Waals surface area contributed by atoms with Crippen LogP contribution in [0.2, 0.25) is 0 Å². The molecular weight excluding hydrogens is 503 g/mol. The van der Waals surface area contributed by atoms with E-state index in [9.17, 15) is 50.0 Å². The smallest absolute Gasteiger partial charge is 0.548 e. The molecule has 0 aliphatic rings. The van der Waals surface area contributed by atoms with Gasteiger partial charge in [0.2, 0.25) is 0 Å². The first-order valence-corrected chi connectivity index (χ1v) is 9.77. The molecule has 1 radical (unpaired) electrons. The molecule has 185 valence electrons. The first-order valence-electron chi connectivity index (χ1n) is 9.77. The number of carbonyl (C=O) groups is 4. The molecule has 0 heterocycles. The summed E-state index contributed by atoms with van der Waals surface area (Å²) in [5.41, 5.74) is 0.450. The van der Waals surface area contributed by atoms with Crippen LogP contribution in [0.1, 0.15) is 37.1 Å². The molecule has 4 unspecified atom stereocenters. The van der Waals surface area contributed by atoms with Crippen molar-refractivity contribution in [1.29, 1.82) is 0 Å². The van der Waals surface area contributed by atoms with Gasteiger partial charge in [-0.05, 0) is 25.0 Å². The maximum absolute atomic E-state index is 10.9. The molecule has 0 aliphatic heterocycles. The van der Waals surface area contributed by atoms with Gasteiger partial charge in [-0.25, -0.2) is 0 Å².